The molecule has 0 spiro atoms. The fourth-order valence-electron chi connectivity index (χ4n) is 6.05. The van der Waals surface area contributed by atoms with Crippen molar-refractivity contribution in [3.8, 4) is 22.3 Å². The van der Waals surface area contributed by atoms with Gasteiger partial charge < -0.3 is 4.74 Å². The normalized spacial score (nSPS) is 17.2. The number of ether oxygens (including phenoxy) is 1. The Morgan fingerprint density at radius 1 is 0.659 bits per heavy atom. The molecule has 2 atom stereocenters. The van der Waals surface area contributed by atoms with Crippen LogP contribution in [0, 0.1) is 23.4 Å². The third-order valence-corrected chi connectivity index (χ3v) is 8.67. The van der Waals surface area contributed by atoms with Crippen LogP contribution in [-0.2, 0) is 11.2 Å². The highest BCUT2D eigenvalue weighted by atomic mass is 19.2. The quantitative estimate of drug-likeness (QED) is 0.167. The van der Waals surface area contributed by atoms with E-state index >= 15 is 8.78 Å². The summed E-state index contributed by atoms with van der Waals surface area (Å²) >= 11 is 0. The topological polar surface area (TPSA) is 9.23 Å². The van der Waals surface area contributed by atoms with Crippen molar-refractivity contribution in [1.29, 1.82) is 0 Å². The second-order valence-electron chi connectivity index (χ2n) is 11.8. The fourth-order valence-corrected chi connectivity index (χ4v) is 6.05. The summed E-state index contributed by atoms with van der Waals surface area (Å²) in [6.07, 6.45) is 15.2. The molecule has 0 aromatic heterocycles. The first-order chi connectivity index (χ1) is 20.0. The number of unbranched alkanes of at least 4 members (excludes halogenated alkanes) is 8. The van der Waals surface area contributed by atoms with Gasteiger partial charge in [-0.15, -0.1) is 0 Å². The van der Waals surface area contributed by atoms with Gasteiger partial charge in [0.25, 0.3) is 0 Å². The van der Waals surface area contributed by atoms with Gasteiger partial charge in [-0.3, -0.25) is 0 Å². The minimum Gasteiger partial charge on any atom is -0.373 e. The fraction of sp³-hybridized carbons (Fsp3) is 0.514. The first-order valence-electron chi connectivity index (χ1n) is 16.0. The maximum Gasteiger partial charge on any atom is 0.166 e. The van der Waals surface area contributed by atoms with E-state index in [4.69, 9.17) is 4.74 Å². The average Bonchev–Trinajstić information content (AvgIpc) is 2.99. The minimum atomic E-state index is -0.798. The Kier molecular flexibility index (Phi) is 12.4. The van der Waals surface area contributed by atoms with Crippen molar-refractivity contribution in [3.63, 3.8) is 0 Å². The molecule has 1 saturated heterocycles. The van der Waals surface area contributed by atoms with Gasteiger partial charge in [-0.05, 0) is 66.3 Å². The smallest absolute Gasteiger partial charge is 0.166 e. The van der Waals surface area contributed by atoms with E-state index in [1.54, 1.807) is 30.3 Å². The zero-order valence-corrected chi connectivity index (χ0v) is 25.0. The highest BCUT2D eigenvalue weighted by molar-refractivity contribution is 5.71. The first-order valence-corrected chi connectivity index (χ1v) is 16.0. The Labute approximate surface area is 245 Å². The minimum absolute atomic E-state index is 0.194. The predicted molar refractivity (Wildman–Crippen MR) is 164 cm³/mol. The van der Waals surface area contributed by atoms with Crippen molar-refractivity contribution in [2.24, 2.45) is 5.92 Å². The molecule has 0 amide bonds. The monoisotopic (exact) mass is 564 g/mol. The number of hydrogen-bond donors (Lipinski definition) is 0. The molecule has 3 aromatic rings. The van der Waals surface area contributed by atoms with Gasteiger partial charge in [-0.2, -0.15) is 0 Å². The Bertz CT molecular complexity index is 1210. The summed E-state index contributed by atoms with van der Waals surface area (Å²) < 4.78 is 51.1. The average molecular weight is 565 g/mol. The van der Waals surface area contributed by atoms with Crippen molar-refractivity contribution >= 4 is 0 Å². The molecular weight excluding hydrogens is 517 g/mol. The van der Waals surface area contributed by atoms with E-state index in [9.17, 15) is 4.39 Å². The van der Waals surface area contributed by atoms with Crippen LogP contribution in [0.3, 0.4) is 0 Å². The van der Waals surface area contributed by atoms with E-state index in [0.717, 1.165) is 43.2 Å². The van der Waals surface area contributed by atoms with Crippen molar-refractivity contribution in [2.75, 3.05) is 6.61 Å². The summed E-state index contributed by atoms with van der Waals surface area (Å²) in [5.41, 5.74) is 3.50. The van der Waals surface area contributed by atoms with E-state index in [0.29, 0.717) is 35.6 Å². The van der Waals surface area contributed by atoms with E-state index in [-0.39, 0.29) is 17.5 Å². The van der Waals surface area contributed by atoms with Crippen molar-refractivity contribution in [1.82, 2.24) is 0 Å². The third-order valence-electron chi connectivity index (χ3n) is 8.67. The Morgan fingerprint density at radius 3 is 2.00 bits per heavy atom. The summed E-state index contributed by atoms with van der Waals surface area (Å²) in [7, 11) is 0. The molecule has 1 heterocycles. The maximum atomic E-state index is 15.2. The van der Waals surface area contributed by atoms with Crippen molar-refractivity contribution in [3.05, 3.63) is 83.2 Å². The lowest BCUT2D eigenvalue weighted by Gasteiger charge is -2.29. The molecule has 4 heteroatoms. The zero-order valence-electron chi connectivity index (χ0n) is 25.0. The molecule has 222 valence electrons. The van der Waals surface area contributed by atoms with Gasteiger partial charge in [-0.25, -0.2) is 13.2 Å². The molecule has 0 bridgehead atoms. The van der Waals surface area contributed by atoms with E-state index in [2.05, 4.69) is 13.8 Å². The second-order valence-corrected chi connectivity index (χ2v) is 11.8. The zero-order chi connectivity index (χ0) is 29.0. The van der Waals surface area contributed by atoms with Crippen LogP contribution in [0.15, 0.2) is 54.6 Å². The highest BCUT2D eigenvalue weighted by Gasteiger charge is 2.25. The van der Waals surface area contributed by atoms with Gasteiger partial charge in [-0.1, -0.05) is 120 Å². The van der Waals surface area contributed by atoms with Gasteiger partial charge in [0, 0.05) is 11.1 Å². The summed E-state index contributed by atoms with van der Waals surface area (Å²) in [4.78, 5) is 0. The van der Waals surface area contributed by atoms with Crippen molar-refractivity contribution in [2.45, 2.75) is 110 Å². The molecule has 0 radical (unpaired) electrons. The molecule has 1 aliphatic heterocycles. The van der Waals surface area contributed by atoms with Crippen LogP contribution >= 0.6 is 0 Å². The number of hydrogen-bond acceptors (Lipinski definition) is 1. The molecule has 4 rings (SSSR count). The number of benzene rings is 3. The van der Waals surface area contributed by atoms with Crippen LogP contribution in [0.2, 0.25) is 0 Å². The molecule has 1 aliphatic rings. The SMILES string of the molecule is CCCCCCCCCc1ccc(-c2ccc(-c3ccc(C4CCC(CCCCC)CO4)c(F)c3)cc2)c(F)c1F. The summed E-state index contributed by atoms with van der Waals surface area (Å²) in [5.74, 6) is -1.22. The number of aryl methyl sites for hydroxylation is 1. The Hall–Kier alpha value is -2.59. The van der Waals surface area contributed by atoms with Crippen LogP contribution in [0.25, 0.3) is 22.3 Å². The molecule has 0 aliphatic carbocycles. The summed E-state index contributed by atoms with van der Waals surface area (Å²) in [5, 5.41) is 0. The van der Waals surface area contributed by atoms with Gasteiger partial charge in [0.1, 0.15) is 5.82 Å². The van der Waals surface area contributed by atoms with Crippen LogP contribution in [-0.4, -0.2) is 6.61 Å². The lowest BCUT2D eigenvalue weighted by atomic mass is 9.90. The van der Waals surface area contributed by atoms with Crippen molar-refractivity contribution < 1.29 is 17.9 Å². The summed E-state index contributed by atoms with van der Waals surface area (Å²) in [6, 6.07) is 15.9. The van der Waals surface area contributed by atoms with E-state index in [1.165, 1.54) is 51.4 Å². The van der Waals surface area contributed by atoms with Crippen LogP contribution in [0.4, 0.5) is 13.2 Å². The van der Waals surface area contributed by atoms with E-state index < -0.39 is 11.6 Å². The Morgan fingerprint density at radius 2 is 1.32 bits per heavy atom. The Balaban J connectivity index is 1.34. The predicted octanol–water partition coefficient (Wildman–Crippen LogP) is 11.8. The van der Waals surface area contributed by atoms with Gasteiger partial charge in [0.15, 0.2) is 11.6 Å². The maximum absolute atomic E-state index is 15.2. The largest absolute Gasteiger partial charge is 0.373 e. The summed E-state index contributed by atoms with van der Waals surface area (Å²) in [6.45, 7) is 5.12. The van der Waals surface area contributed by atoms with Gasteiger partial charge in [0.2, 0.25) is 0 Å². The van der Waals surface area contributed by atoms with Crippen LogP contribution in [0.1, 0.15) is 115 Å². The lowest BCUT2D eigenvalue weighted by molar-refractivity contribution is -0.0215. The lowest BCUT2D eigenvalue weighted by Crippen LogP contribution is -2.21. The molecule has 1 nitrogen and oxygen atoms in total. The molecule has 2 unspecified atom stereocenters. The molecule has 0 saturated carbocycles. The highest BCUT2D eigenvalue weighted by Crippen LogP contribution is 2.36. The number of halogens is 3. The van der Waals surface area contributed by atoms with E-state index in [1.807, 2.05) is 24.3 Å². The standard InChI is InChI=1S/C37H47F3O/c1-3-5-7-8-9-10-12-14-30-20-22-32(37(40)36(30)39)29-18-16-28(17-19-29)31-21-23-33(34(38)25-31)35-24-15-27(26-41-35)13-11-6-4-2/h16-23,25,27,35H,3-15,24,26H2,1-2H3. The molecule has 1 fully saturated rings. The first kappa shape index (κ1) is 31.3. The van der Waals surface area contributed by atoms with Crippen LogP contribution < -0.4 is 0 Å². The van der Waals surface area contributed by atoms with Gasteiger partial charge in [0.05, 0.1) is 12.7 Å². The second kappa shape index (κ2) is 16.2. The molecule has 41 heavy (non-hydrogen) atoms. The van der Waals surface area contributed by atoms with Gasteiger partial charge >= 0.3 is 0 Å². The molecular formula is C37H47F3O. The molecule has 0 N–H and O–H groups in total. The van der Waals surface area contributed by atoms with Crippen LogP contribution in [0.5, 0.6) is 0 Å². The molecule has 3 aromatic carbocycles. The third kappa shape index (κ3) is 8.70. The number of rotatable bonds is 15.